The van der Waals surface area contributed by atoms with Crippen LogP contribution in [0.4, 0.5) is 5.69 Å². The summed E-state index contributed by atoms with van der Waals surface area (Å²) in [5.74, 6) is -0.850. The molecule has 0 saturated heterocycles. The van der Waals surface area contributed by atoms with Gasteiger partial charge in [0.25, 0.3) is 11.5 Å². The van der Waals surface area contributed by atoms with Crippen molar-refractivity contribution in [3.05, 3.63) is 63.4 Å². The molecule has 0 aliphatic heterocycles. The Morgan fingerprint density at radius 3 is 2.83 bits per heavy atom. The Bertz CT molecular complexity index is 974. The number of anilines is 1. The van der Waals surface area contributed by atoms with Crippen molar-refractivity contribution in [2.45, 2.75) is 6.92 Å². The van der Waals surface area contributed by atoms with E-state index in [1.165, 1.54) is 23.6 Å². The fourth-order valence-electron chi connectivity index (χ4n) is 2.22. The van der Waals surface area contributed by atoms with E-state index in [0.717, 1.165) is 10.1 Å². The fraction of sp³-hybridized carbons (Fsp3) is 0.118. The first-order chi connectivity index (χ1) is 11.6. The van der Waals surface area contributed by atoms with Gasteiger partial charge in [0.05, 0.1) is 6.61 Å². The van der Waals surface area contributed by atoms with Crippen LogP contribution in [0.3, 0.4) is 0 Å². The van der Waals surface area contributed by atoms with Gasteiger partial charge in [-0.2, -0.15) is 0 Å². The predicted octanol–water partition coefficient (Wildman–Crippen LogP) is 3.02. The summed E-state index contributed by atoms with van der Waals surface area (Å²) in [6.45, 7) is 2.07. The number of hydrogen-bond acceptors (Lipinski definition) is 5. The van der Waals surface area contributed by atoms with E-state index in [0.29, 0.717) is 17.2 Å². The standard InChI is InChI=1S/C17H14N2O4S/c1-2-23-17(22)14-9-10-8-11(5-6-13(10)24-14)19-16(21)12-4-3-7-18-15(12)20/h3-9H,2H2,1H3,(H,18,20)(H,19,21). The van der Waals surface area contributed by atoms with Crippen LogP contribution in [0.5, 0.6) is 0 Å². The first-order valence-electron chi connectivity index (χ1n) is 7.28. The van der Waals surface area contributed by atoms with Crippen molar-refractivity contribution in [3.63, 3.8) is 0 Å². The summed E-state index contributed by atoms with van der Waals surface area (Å²) in [7, 11) is 0. The van der Waals surface area contributed by atoms with Gasteiger partial charge in [0, 0.05) is 16.6 Å². The molecule has 0 unspecified atom stereocenters. The molecule has 3 aromatic rings. The smallest absolute Gasteiger partial charge is 0.348 e. The molecule has 1 aromatic carbocycles. The SMILES string of the molecule is CCOC(=O)c1cc2cc(NC(=O)c3ccc[nH]c3=O)ccc2s1. The summed E-state index contributed by atoms with van der Waals surface area (Å²) >= 11 is 1.33. The molecule has 0 atom stereocenters. The Hall–Kier alpha value is -2.93. The lowest BCUT2D eigenvalue weighted by Crippen LogP contribution is -2.22. The molecule has 0 saturated carbocycles. The maximum atomic E-state index is 12.2. The summed E-state index contributed by atoms with van der Waals surface area (Å²) < 4.78 is 5.90. The van der Waals surface area contributed by atoms with Gasteiger partial charge in [0.2, 0.25) is 0 Å². The predicted molar refractivity (Wildman–Crippen MR) is 92.8 cm³/mol. The van der Waals surface area contributed by atoms with Gasteiger partial charge >= 0.3 is 5.97 Å². The van der Waals surface area contributed by atoms with Crippen molar-refractivity contribution in [2.24, 2.45) is 0 Å². The van der Waals surface area contributed by atoms with E-state index in [1.807, 2.05) is 6.07 Å². The lowest BCUT2D eigenvalue weighted by Gasteiger charge is -2.04. The van der Waals surface area contributed by atoms with Crippen molar-refractivity contribution >= 4 is 39.0 Å². The van der Waals surface area contributed by atoms with E-state index >= 15 is 0 Å². The van der Waals surface area contributed by atoms with Crippen LogP contribution in [0.25, 0.3) is 10.1 Å². The minimum absolute atomic E-state index is 0.0372. The van der Waals surface area contributed by atoms with E-state index in [-0.39, 0.29) is 11.5 Å². The average molecular weight is 342 g/mol. The Labute approximate surface area is 141 Å². The Balaban J connectivity index is 1.86. The number of benzene rings is 1. The number of esters is 1. The summed E-state index contributed by atoms with van der Waals surface area (Å²) in [6.07, 6.45) is 1.47. The number of thiophene rings is 1. The third kappa shape index (κ3) is 3.21. The largest absolute Gasteiger partial charge is 0.462 e. The number of fused-ring (bicyclic) bond motifs is 1. The molecule has 0 aliphatic carbocycles. The molecule has 2 N–H and O–H groups in total. The Morgan fingerprint density at radius 2 is 2.08 bits per heavy atom. The molecule has 0 spiro atoms. The zero-order valence-electron chi connectivity index (χ0n) is 12.8. The molecule has 0 radical (unpaired) electrons. The number of pyridine rings is 1. The Kier molecular flexibility index (Phi) is 4.43. The van der Waals surface area contributed by atoms with Gasteiger partial charge in [-0.05, 0) is 48.7 Å². The minimum atomic E-state index is -0.489. The van der Waals surface area contributed by atoms with Crippen LogP contribution in [-0.2, 0) is 4.74 Å². The van der Waals surface area contributed by atoms with Gasteiger partial charge in [0.15, 0.2) is 0 Å². The van der Waals surface area contributed by atoms with Crippen LogP contribution in [0.2, 0.25) is 0 Å². The number of ether oxygens (including phenoxy) is 1. The van der Waals surface area contributed by atoms with E-state index in [4.69, 9.17) is 4.74 Å². The van der Waals surface area contributed by atoms with Crippen LogP contribution < -0.4 is 10.9 Å². The molecule has 6 nitrogen and oxygen atoms in total. The molecular weight excluding hydrogens is 328 g/mol. The average Bonchev–Trinajstić information content (AvgIpc) is 2.99. The summed E-state index contributed by atoms with van der Waals surface area (Å²) in [6, 6.07) is 10.1. The molecular formula is C17H14N2O4S. The Morgan fingerprint density at radius 1 is 1.25 bits per heavy atom. The number of amides is 1. The van der Waals surface area contributed by atoms with E-state index in [9.17, 15) is 14.4 Å². The van der Waals surface area contributed by atoms with Gasteiger partial charge in [-0.25, -0.2) is 4.79 Å². The third-order valence-electron chi connectivity index (χ3n) is 3.31. The summed E-state index contributed by atoms with van der Waals surface area (Å²) in [5.41, 5.74) is 0.135. The molecule has 0 bridgehead atoms. The maximum absolute atomic E-state index is 12.2. The normalized spacial score (nSPS) is 10.5. The van der Waals surface area contributed by atoms with Crippen LogP contribution in [0.15, 0.2) is 47.4 Å². The third-order valence-corrected chi connectivity index (χ3v) is 4.41. The minimum Gasteiger partial charge on any atom is -0.462 e. The van der Waals surface area contributed by atoms with Gasteiger partial charge < -0.3 is 15.0 Å². The quantitative estimate of drug-likeness (QED) is 0.713. The zero-order valence-corrected chi connectivity index (χ0v) is 13.6. The number of aromatic amines is 1. The molecule has 24 heavy (non-hydrogen) atoms. The van der Waals surface area contributed by atoms with Crippen molar-refractivity contribution in [2.75, 3.05) is 11.9 Å². The number of hydrogen-bond donors (Lipinski definition) is 2. The number of carbonyl (C=O) groups is 2. The highest BCUT2D eigenvalue weighted by Gasteiger charge is 2.13. The monoisotopic (exact) mass is 342 g/mol. The van der Waals surface area contributed by atoms with Crippen molar-refractivity contribution in [1.29, 1.82) is 0 Å². The molecule has 2 heterocycles. The van der Waals surface area contributed by atoms with Crippen molar-refractivity contribution in [1.82, 2.24) is 4.98 Å². The molecule has 2 aromatic heterocycles. The molecule has 0 fully saturated rings. The first-order valence-corrected chi connectivity index (χ1v) is 8.10. The lowest BCUT2D eigenvalue weighted by atomic mass is 10.2. The number of carbonyl (C=O) groups excluding carboxylic acids is 2. The second kappa shape index (κ2) is 6.67. The number of aromatic nitrogens is 1. The number of rotatable bonds is 4. The van der Waals surface area contributed by atoms with E-state index in [2.05, 4.69) is 10.3 Å². The summed E-state index contributed by atoms with van der Waals surface area (Å²) in [4.78, 5) is 38.6. The maximum Gasteiger partial charge on any atom is 0.348 e. The van der Waals surface area contributed by atoms with Gasteiger partial charge in [0.1, 0.15) is 10.4 Å². The highest BCUT2D eigenvalue weighted by molar-refractivity contribution is 7.20. The van der Waals surface area contributed by atoms with Gasteiger partial charge in [-0.1, -0.05) is 0 Å². The lowest BCUT2D eigenvalue weighted by molar-refractivity contribution is 0.0532. The number of H-pyrrole nitrogens is 1. The van der Waals surface area contributed by atoms with Crippen LogP contribution in [0.1, 0.15) is 27.0 Å². The molecule has 3 rings (SSSR count). The number of nitrogens with one attached hydrogen (secondary N) is 2. The fourth-order valence-corrected chi connectivity index (χ4v) is 3.16. The van der Waals surface area contributed by atoms with E-state index < -0.39 is 11.5 Å². The second-order valence-electron chi connectivity index (χ2n) is 4.95. The van der Waals surface area contributed by atoms with Crippen LogP contribution in [0, 0.1) is 0 Å². The first kappa shape index (κ1) is 15.9. The zero-order chi connectivity index (χ0) is 17.1. The van der Waals surface area contributed by atoms with Crippen molar-refractivity contribution in [3.8, 4) is 0 Å². The topological polar surface area (TPSA) is 88.3 Å². The highest BCUT2D eigenvalue weighted by atomic mass is 32.1. The molecule has 0 aliphatic rings. The van der Waals surface area contributed by atoms with Gasteiger partial charge in [-0.15, -0.1) is 11.3 Å². The second-order valence-corrected chi connectivity index (χ2v) is 6.03. The molecule has 122 valence electrons. The van der Waals surface area contributed by atoms with E-state index in [1.54, 1.807) is 31.2 Å². The molecule has 7 heteroatoms. The van der Waals surface area contributed by atoms with Crippen LogP contribution in [-0.4, -0.2) is 23.5 Å². The molecule has 1 amide bonds. The van der Waals surface area contributed by atoms with Gasteiger partial charge in [-0.3, -0.25) is 9.59 Å². The summed E-state index contributed by atoms with van der Waals surface area (Å²) in [5, 5.41) is 3.51. The van der Waals surface area contributed by atoms with Crippen molar-refractivity contribution < 1.29 is 14.3 Å². The van der Waals surface area contributed by atoms with Crippen LogP contribution >= 0.6 is 11.3 Å². The highest BCUT2D eigenvalue weighted by Crippen LogP contribution is 2.28.